The SMILES string of the molecule is N[C@@H](CCC(=O)O)C(=O)N[C@@H](CSSC[C@H](NC(=O)[C@@H](N)CCC(=O)O)C(=O)O)C(=O)O. The number of nitrogens with two attached hydrogens (primary N) is 2. The molecule has 10 N–H and O–H groups in total. The Morgan fingerprint density at radius 3 is 1.22 bits per heavy atom. The first-order valence-corrected chi connectivity index (χ1v) is 11.6. The van der Waals surface area contributed by atoms with E-state index in [1.165, 1.54) is 0 Å². The molecule has 16 heteroatoms. The number of amides is 2. The second kappa shape index (κ2) is 15.3. The summed E-state index contributed by atoms with van der Waals surface area (Å²) < 4.78 is 0. The van der Waals surface area contributed by atoms with Gasteiger partial charge < -0.3 is 42.5 Å². The summed E-state index contributed by atoms with van der Waals surface area (Å²) in [4.78, 5) is 67.4. The molecule has 0 aromatic carbocycles. The molecule has 0 saturated carbocycles. The normalized spacial score (nSPS) is 14.4. The molecule has 32 heavy (non-hydrogen) atoms. The Bertz CT molecular complexity index is 650. The monoisotopic (exact) mass is 498 g/mol. The van der Waals surface area contributed by atoms with Crippen LogP contribution in [-0.4, -0.2) is 91.8 Å². The number of carbonyl (C=O) groups is 6. The van der Waals surface area contributed by atoms with E-state index in [4.69, 9.17) is 21.7 Å². The minimum atomic E-state index is -1.37. The van der Waals surface area contributed by atoms with E-state index in [9.17, 15) is 39.0 Å². The Labute approximate surface area is 190 Å². The van der Waals surface area contributed by atoms with Gasteiger partial charge in [0.05, 0.1) is 12.1 Å². The highest BCUT2D eigenvalue weighted by atomic mass is 33.1. The number of hydrogen-bond donors (Lipinski definition) is 8. The lowest BCUT2D eigenvalue weighted by Crippen LogP contribution is -2.50. The Hall–Kier alpha value is -2.56. The van der Waals surface area contributed by atoms with Crippen molar-refractivity contribution in [3.05, 3.63) is 0 Å². The number of hydrogen-bond acceptors (Lipinski definition) is 10. The highest BCUT2D eigenvalue weighted by Gasteiger charge is 2.26. The molecule has 0 heterocycles. The highest BCUT2D eigenvalue weighted by Crippen LogP contribution is 2.23. The lowest BCUT2D eigenvalue weighted by atomic mass is 10.1. The summed E-state index contributed by atoms with van der Waals surface area (Å²) in [6.07, 6.45) is -1.08. The van der Waals surface area contributed by atoms with E-state index in [0.29, 0.717) is 0 Å². The quantitative estimate of drug-likeness (QED) is 0.0788. The lowest BCUT2D eigenvalue weighted by Gasteiger charge is -2.19. The Morgan fingerprint density at radius 1 is 0.656 bits per heavy atom. The molecule has 0 bridgehead atoms. The van der Waals surface area contributed by atoms with Crippen LogP contribution in [0.25, 0.3) is 0 Å². The average molecular weight is 499 g/mol. The summed E-state index contributed by atoms with van der Waals surface area (Å²) in [6.45, 7) is 0. The van der Waals surface area contributed by atoms with Crippen LogP contribution in [-0.2, 0) is 28.8 Å². The molecule has 0 rings (SSSR count). The Morgan fingerprint density at radius 2 is 0.969 bits per heavy atom. The molecule has 0 aliphatic carbocycles. The summed E-state index contributed by atoms with van der Waals surface area (Å²) in [5, 5.41) is 40.0. The van der Waals surface area contributed by atoms with Crippen LogP contribution in [0, 0.1) is 0 Å². The van der Waals surface area contributed by atoms with Crippen LogP contribution in [0.2, 0.25) is 0 Å². The van der Waals surface area contributed by atoms with Crippen LogP contribution < -0.4 is 22.1 Å². The molecule has 0 aliphatic heterocycles. The molecule has 4 atom stereocenters. The topological polar surface area (TPSA) is 259 Å². The summed E-state index contributed by atoms with van der Waals surface area (Å²) in [5.41, 5.74) is 11.0. The molecular weight excluding hydrogens is 472 g/mol. The van der Waals surface area contributed by atoms with Crippen molar-refractivity contribution in [2.24, 2.45) is 11.5 Å². The van der Waals surface area contributed by atoms with Gasteiger partial charge in [-0.3, -0.25) is 19.2 Å². The van der Waals surface area contributed by atoms with Crippen molar-refractivity contribution in [1.29, 1.82) is 0 Å². The zero-order valence-electron chi connectivity index (χ0n) is 16.8. The van der Waals surface area contributed by atoms with Gasteiger partial charge in [-0.05, 0) is 12.8 Å². The fourth-order valence-corrected chi connectivity index (χ4v) is 4.27. The number of nitrogens with one attached hydrogen (secondary N) is 2. The van der Waals surface area contributed by atoms with Crippen LogP contribution in [0.5, 0.6) is 0 Å². The summed E-state index contributed by atoms with van der Waals surface area (Å²) in [6, 6.07) is -5.14. The van der Waals surface area contributed by atoms with Crippen molar-refractivity contribution >= 4 is 57.3 Å². The number of aliphatic carboxylic acids is 4. The van der Waals surface area contributed by atoms with E-state index in [1.807, 2.05) is 0 Å². The second-order valence-corrected chi connectivity index (χ2v) is 9.00. The van der Waals surface area contributed by atoms with E-state index in [0.717, 1.165) is 21.6 Å². The van der Waals surface area contributed by atoms with Crippen molar-refractivity contribution in [1.82, 2.24) is 10.6 Å². The van der Waals surface area contributed by atoms with Crippen molar-refractivity contribution in [2.45, 2.75) is 49.9 Å². The molecule has 0 spiro atoms. The maximum absolute atomic E-state index is 11.9. The van der Waals surface area contributed by atoms with Gasteiger partial charge >= 0.3 is 23.9 Å². The minimum absolute atomic E-state index is 0.171. The lowest BCUT2D eigenvalue weighted by molar-refractivity contribution is -0.141. The molecule has 0 saturated heterocycles. The number of carboxylic acids is 4. The molecule has 2 amide bonds. The number of carbonyl (C=O) groups excluding carboxylic acids is 2. The van der Waals surface area contributed by atoms with E-state index in [2.05, 4.69) is 10.6 Å². The van der Waals surface area contributed by atoms with Crippen LogP contribution in [0.15, 0.2) is 0 Å². The van der Waals surface area contributed by atoms with E-state index in [1.54, 1.807) is 0 Å². The van der Waals surface area contributed by atoms with Gasteiger partial charge in [-0.2, -0.15) is 0 Å². The molecule has 0 aromatic rings. The van der Waals surface area contributed by atoms with E-state index >= 15 is 0 Å². The van der Waals surface area contributed by atoms with Gasteiger partial charge in [0, 0.05) is 24.3 Å². The molecule has 0 aromatic heterocycles. The number of carboxylic acid groups (broad SMARTS) is 4. The van der Waals surface area contributed by atoms with Gasteiger partial charge in [-0.15, -0.1) is 0 Å². The fourth-order valence-electron chi connectivity index (χ4n) is 1.96. The standard InChI is InChI=1S/C16H26N4O10S2/c17-7(1-3-11(21)22)13(25)19-9(15(27)28)5-31-32-6-10(16(29)30)20-14(26)8(18)2-4-12(23)24/h7-10H,1-6,17-18H2,(H,19,25)(H,20,26)(H,21,22)(H,23,24)(H,27,28)(H,29,30)/t7-,8-,9-,10-/m0/s1. The van der Waals surface area contributed by atoms with Crippen LogP contribution >= 0.6 is 21.6 Å². The predicted octanol–water partition coefficient (Wildman–Crippen LogP) is -2.11. The van der Waals surface area contributed by atoms with Gasteiger partial charge in [0.15, 0.2) is 0 Å². The van der Waals surface area contributed by atoms with Gasteiger partial charge in [0.1, 0.15) is 12.1 Å². The van der Waals surface area contributed by atoms with E-state index < -0.39 is 59.9 Å². The smallest absolute Gasteiger partial charge is 0.327 e. The van der Waals surface area contributed by atoms with Crippen molar-refractivity contribution in [3.8, 4) is 0 Å². The van der Waals surface area contributed by atoms with E-state index in [-0.39, 0.29) is 37.2 Å². The molecule has 0 fully saturated rings. The first-order chi connectivity index (χ1) is 14.8. The first-order valence-electron chi connectivity index (χ1n) is 9.10. The molecule has 0 aliphatic rings. The van der Waals surface area contributed by atoms with Crippen molar-refractivity contribution < 1.29 is 49.2 Å². The largest absolute Gasteiger partial charge is 0.481 e. The zero-order valence-corrected chi connectivity index (χ0v) is 18.4. The maximum Gasteiger partial charge on any atom is 0.327 e. The van der Waals surface area contributed by atoms with Crippen molar-refractivity contribution in [3.63, 3.8) is 0 Å². The number of rotatable bonds is 17. The zero-order chi connectivity index (χ0) is 24.8. The third kappa shape index (κ3) is 13.0. The predicted molar refractivity (Wildman–Crippen MR) is 114 cm³/mol. The average Bonchev–Trinajstić information content (AvgIpc) is 2.70. The first kappa shape index (κ1) is 29.4. The van der Waals surface area contributed by atoms with Gasteiger partial charge in [-0.1, -0.05) is 21.6 Å². The summed E-state index contributed by atoms with van der Waals surface area (Å²) >= 11 is 0. The van der Waals surface area contributed by atoms with Gasteiger partial charge in [-0.25, -0.2) is 9.59 Å². The fraction of sp³-hybridized carbons (Fsp3) is 0.625. The van der Waals surface area contributed by atoms with Crippen LogP contribution in [0.3, 0.4) is 0 Å². The van der Waals surface area contributed by atoms with Crippen molar-refractivity contribution in [2.75, 3.05) is 11.5 Å². The van der Waals surface area contributed by atoms with Crippen LogP contribution in [0.4, 0.5) is 0 Å². The molecule has 0 unspecified atom stereocenters. The molecule has 0 radical (unpaired) electrons. The third-order valence-corrected chi connectivity index (χ3v) is 6.22. The Kier molecular flexibility index (Phi) is 14.1. The summed E-state index contributed by atoms with van der Waals surface area (Å²) in [7, 11) is 1.84. The third-order valence-electron chi connectivity index (χ3n) is 3.79. The van der Waals surface area contributed by atoms with Gasteiger partial charge in [0.25, 0.3) is 0 Å². The molecule has 14 nitrogen and oxygen atoms in total. The highest BCUT2D eigenvalue weighted by molar-refractivity contribution is 8.76. The maximum atomic E-state index is 11.9. The Balaban J connectivity index is 4.58. The second-order valence-electron chi connectivity index (χ2n) is 6.45. The summed E-state index contributed by atoms with van der Waals surface area (Å²) in [5.74, 6) is -7.07. The van der Waals surface area contributed by atoms with Gasteiger partial charge in [0.2, 0.25) is 11.8 Å². The minimum Gasteiger partial charge on any atom is -0.481 e. The van der Waals surface area contributed by atoms with Crippen LogP contribution in [0.1, 0.15) is 25.7 Å². The molecule has 182 valence electrons. The molecular formula is C16H26N4O10S2.